The Hall–Kier alpha value is -1.63. The van der Waals surface area contributed by atoms with Crippen molar-refractivity contribution in [2.45, 2.75) is 51.4 Å². The minimum Gasteiger partial charge on any atom is -0.481 e. The highest BCUT2D eigenvalue weighted by Crippen LogP contribution is 2.29. The molecule has 0 aromatic carbocycles. The van der Waals surface area contributed by atoms with Crippen molar-refractivity contribution < 1.29 is 14.7 Å². The molecule has 1 aliphatic rings. The van der Waals surface area contributed by atoms with Gasteiger partial charge in [-0.05, 0) is 38.5 Å². The van der Waals surface area contributed by atoms with Gasteiger partial charge in [0.2, 0.25) is 0 Å². The molecule has 0 bridgehead atoms. The molecule has 0 radical (unpaired) electrons. The number of nitrogens with one attached hydrogen (secondary N) is 2. The minimum absolute atomic E-state index is 0.191. The number of aromatic nitrogens is 1. The molecule has 0 spiro atoms. The van der Waals surface area contributed by atoms with E-state index in [1.807, 2.05) is 0 Å². The topological polar surface area (TPSA) is 91.3 Å². The lowest BCUT2D eigenvalue weighted by molar-refractivity contribution is -0.137. The SMILES string of the molecule is O=C(O)CCCCCNC(=O)Nc1nc2c(s1)CCCC2. The van der Waals surface area contributed by atoms with Crippen LogP contribution < -0.4 is 10.6 Å². The van der Waals surface area contributed by atoms with Crippen molar-refractivity contribution >= 4 is 28.5 Å². The number of anilines is 1. The van der Waals surface area contributed by atoms with Crippen LogP contribution in [-0.2, 0) is 17.6 Å². The summed E-state index contributed by atoms with van der Waals surface area (Å²) in [7, 11) is 0. The van der Waals surface area contributed by atoms with Gasteiger partial charge in [0.1, 0.15) is 0 Å². The maximum absolute atomic E-state index is 11.7. The molecule has 7 heteroatoms. The summed E-state index contributed by atoms with van der Waals surface area (Å²) >= 11 is 1.57. The first-order chi connectivity index (χ1) is 10.1. The van der Waals surface area contributed by atoms with E-state index >= 15 is 0 Å². The van der Waals surface area contributed by atoms with Crippen LogP contribution >= 0.6 is 11.3 Å². The summed E-state index contributed by atoms with van der Waals surface area (Å²) in [6, 6.07) is -0.237. The van der Waals surface area contributed by atoms with Crippen molar-refractivity contribution in [2.24, 2.45) is 0 Å². The van der Waals surface area contributed by atoms with Crippen molar-refractivity contribution in [3.63, 3.8) is 0 Å². The molecule has 0 atom stereocenters. The van der Waals surface area contributed by atoms with Crippen LogP contribution in [0, 0.1) is 0 Å². The lowest BCUT2D eigenvalue weighted by Crippen LogP contribution is -2.29. The van der Waals surface area contributed by atoms with Gasteiger partial charge in [-0.2, -0.15) is 0 Å². The van der Waals surface area contributed by atoms with Crippen LogP contribution in [0.25, 0.3) is 0 Å². The molecule has 0 aliphatic heterocycles. The number of rotatable bonds is 7. The highest BCUT2D eigenvalue weighted by molar-refractivity contribution is 7.15. The quantitative estimate of drug-likeness (QED) is 0.675. The van der Waals surface area contributed by atoms with E-state index in [0.717, 1.165) is 31.4 Å². The third-order valence-electron chi connectivity index (χ3n) is 3.42. The summed E-state index contributed by atoms with van der Waals surface area (Å²) in [5.74, 6) is -0.770. The fourth-order valence-corrected chi connectivity index (χ4v) is 3.37. The monoisotopic (exact) mass is 311 g/mol. The fourth-order valence-electron chi connectivity index (χ4n) is 2.33. The normalized spacial score (nSPS) is 13.5. The van der Waals surface area contributed by atoms with E-state index in [2.05, 4.69) is 15.6 Å². The molecule has 1 heterocycles. The first kappa shape index (κ1) is 15.8. The summed E-state index contributed by atoms with van der Waals surface area (Å²) < 4.78 is 0. The van der Waals surface area contributed by atoms with Crippen LogP contribution in [0.2, 0.25) is 0 Å². The molecule has 0 unspecified atom stereocenters. The number of hydrogen-bond donors (Lipinski definition) is 3. The number of fused-ring (bicyclic) bond motifs is 1. The summed E-state index contributed by atoms with van der Waals surface area (Å²) in [5, 5.41) is 14.7. The van der Waals surface area contributed by atoms with Crippen molar-refractivity contribution in [1.82, 2.24) is 10.3 Å². The highest BCUT2D eigenvalue weighted by Gasteiger charge is 2.16. The van der Waals surface area contributed by atoms with Crippen molar-refractivity contribution in [3.05, 3.63) is 10.6 Å². The van der Waals surface area contributed by atoms with Gasteiger partial charge in [-0.15, -0.1) is 11.3 Å². The number of carbonyl (C=O) groups excluding carboxylic acids is 1. The highest BCUT2D eigenvalue weighted by atomic mass is 32.1. The van der Waals surface area contributed by atoms with Gasteiger partial charge in [0.15, 0.2) is 5.13 Å². The Labute approximate surface area is 128 Å². The van der Waals surface area contributed by atoms with Crippen molar-refractivity contribution in [3.8, 4) is 0 Å². The maximum Gasteiger partial charge on any atom is 0.321 e. The first-order valence-electron chi connectivity index (χ1n) is 7.40. The van der Waals surface area contributed by atoms with Crippen LogP contribution in [0.3, 0.4) is 0 Å². The van der Waals surface area contributed by atoms with Gasteiger partial charge in [0.05, 0.1) is 5.69 Å². The molecule has 116 valence electrons. The van der Waals surface area contributed by atoms with Gasteiger partial charge in [-0.3, -0.25) is 10.1 Å². The van der Waals surface area contributed by atoms with Crippen molar-refractivity contribution in [2.75, 3.05) is 11.9 Å². The average Bonchev–Trinajstić information content (AvgIpc) is 2.84. The summed E-state index contributed by atoms with van der Waals surface area (Å²) in [6.45, 7) is 0.552. The minimum atomic E-state index is -0.770. The van der Waals surface area contributed by atoms with Gasteiger partial charge < -0.3 is 10.4 Å². The Morgan fingerprint density at radius 3 is 2.76 bits per heavy atom. The fraction of sp³-hybridized carbons (Fsp3) is 0.643. The molecule has 2 amide bonds. The third kappa shape index (κ3) is 5.34. The Kier molecular flexibility index (Phi) is 5.98. The summed E-state index contributed by atoms with van der Waals surface area (Å²) in [6.07, 6.45) is 6.90. The second-order valence-corrected chi connectivity index (χ2v) is 6.26. The molecule has 0 saturated heterocycles. The molecular formula is C14H21N3O3S. The number of carboxylic acid groups (broad SMARTS) is 1. The second-order valence-electron chi connectivity index (χ2n) is 5.18. The van der Waals surface area contributed by atoms with Crippen LogP contribution in [0.4, 0.5) is 9.93 Å². The molecule has 2 rings (SSSR count). The lowest BCUT2D eigenvalue weighted by Gasteiger charge is -2.06. The average molecular weight is 311 g/mol. The van der Waals surface area contributed by atoms with Gasteiger partial charge in [0.25, 0.3) is 0 Å². The largest absolute Gasteiger partial charge is 0.481 e. The lowest BCUT2D eigenvalue weighted by atomic mass is 10.0. The number of aryl methyl sites for hydroxylation is 2. The number of nitrogens with zero attached hydrogens (tertiary/aromatic N) is 1. The van der Waals surface area contributed by atoms with Gasteiger partial charge in [-0.1, -0.05) is 6.42 Å². The number of carbonyl (C=O) groups is 2. The molecule has 1 aliphatic carbocycles. The summed E-state index contributed by atoms with van der Waals surface area (Å²) in [5.41, 5.74) is 1.13. The second kappa shape index (κ2) is 7.97. The number of urea groups is 1. The van der Waals surface area contributed by atoms with E-state index in [1.54, 1.807) is 11.3 Å². The number of carboxylic acids is 1. The Morgan fingerprint density at radius 1 is 1.19 bits per heavy atom. The van der Waals surface area contributed by atoms with E-state index in [9.17, 15) is 9.59 Å². The van der Waals surface area contributed by atoms with Crippen LogP contribution in [-0.4, -0.2) is 28.6 Å². The Morgan fingerprint density at radius 2 is 2.00 bits per heavy atom. The molecule has 1 aromatic rings. The van der Waals surface area contributed by atoms with Gasteiger partial charge in [0, 0.05) is 17.8 Å². The number of amides is 2. The van der Waals surface area contributed by atoms with Gasteiger partial charge in [-0.25, -0.2) is 9.78 Å². The smallest absolute Gasteiger partial charge is 0.321 e. The van der Waals surface area contributed by atoms with Crippen LogP contribution in [0.1, 0.15) is 49.1 Å². The van der Waals surface area contributed by atoms with Gasteiger partial charge >= 0.3 is 12.0 Å². The van der Waals surface area contributed by atoms with E-state index in [-0.39, 0.29) is 12.5 Å². The van der Waals surface area contributed by atoms with E-state index in [0.29, 0.717) is 18.1 Å². The predicted octanol–water partition coefficient (Wildman–Crippen LogP) is 2.79. The number of aliphatic carboxylic acids is 1. The standard InChI is InChI=1S/C14H21N3O3S/c18-12(19)8-2-1-5-9-15-13(20)17-14-16-10-6-3-4-7-11(10)21-14/h1-9H2,(H,18,19)(H2,15,16,17,20). The Bertz CT molecular complexity index is 478. The van der Waals surface area contributed by atoms with E-state index in [1.165, 1.54) is 17.7 Å². The molecule has 0 fully saturated rings. The maximum atomic E-state index is 11.7. The zero-order valence-corrected chi connectivity index (χ0v) is 12.8. The molecule has 0 saturated carbocycles. The third-order valence-corrected chi connectivity index (χ3v) is 4.49. The molecule has 6 nitrogen and oxygen atoms in total. The van der Waals surface area contributed by atoms with Crippen molar-refractivity contribution in [1.29, 1.82) is 0 Å². The number of thiazole rings is 1. The predicted molar refractivity (Wildman–Crippen MR) is 81.9 cm³/mol. The van der Waals surface area contributed by atoms with E-state index < -0.39 is 5.97 Å². The van der Waals surface area contributed by atoms with Crippen LogP contribution in [0.5, 0.6) is 0 Å². The van der Waals surface area contributed by atoms with E-state index in [4.69, 9.17) is 5.11 Å². The number of hydrogen-bond acceptors (Lipinski definition) is 4. The zero-order valence-electron chi connectivity index (χ0n) is 12.0. The molecular weight excluding hydrogens is 290 g/mol. The first-order valence-corrected chi connectivity index (χ1v) is 8.22. The molecule has 21 heavy (non-hydrogen) atoms. The Balaban J connectivity index is 1.63. The summed E-state index contributed by atoms with van der Waals surface area (Å²) in [4.78, 5) is 27.8. The van der Waals surface area contributed by atoms with Crippen LogP contribution in [0.15, 0.2) is 0 Å². The number of unbranched alkanes of at least 4 members (excludes halogenated alkanes) is 2. The molecule has 3 N–H and O–H groups in total. The zero-order chi connectivity index (χ0) is 15.1. The molecule has 1 aromatic heterocycles.